The molecule has 0 saturated heterocycles. The molecule has 86 valence electrons. The number of aromatic nitrogens is 1. The number of hydroxylamine groups is 1. The van der Waals surface area contributed by atoms with Crippen LogP contribution in [-0.4, -0.2) is 15.9 Å². The fourth-order valence-electron chi connectivity index (χ4n) is 1.46. The van der Waals surface area contributed by atoms with Crippen molar-refractivity contribution >= 4 is 17.8 Å². The summed E-state index contributed by atoms with van der Waals surface area (Å²) in [6.07, 6.45) is 4.81. The number of benzene rings is 1. The van der Waals surface area contributed by atoms with Crippen LogP contribution in [0.4, 0.5) is 0 Å². The van der Waals surface area contributed by atoms with Gasteiger partial charge in [0.25, 0.3) is 0 Å². The molecule has 0 atom stereocenters. The van der Waals surface area contributed by atoms with Crippen molar-refractivity contribution in [3.8, 4) is 0 Å². The van der Waals surface area contributed by atoms with Gasteiger partial charge in [-0.25, -0.2) is 4.74 Å². The van der Waals surface area contributed by atoms with Crippen molar-refractivity contribution in [3.63, 3.8) is 0 Å². The maximum atomic E-state index is 11.7. The summed E-state index contributed by atoms with van der Waals surface area (Å²) in [4.78, 5) is 3.89. The van der Waals surface area contributed by atoms with Gasteiger partial charge in [-0.1, -0.05) is 29.8 Å². The molecule has 0 fully saturated rings. The fraction of sp³-hybridized carbons (Fsp3) is 0.0769. The van der Waals surface area contributed by atoms with Gasteiger partial charge < -0.3 is 5.21 Å². The molecule has 0 amide bonds. The molecular formula is C13H11ClN2O. The first-order valence-corrected chi connectivity index (χ1v) is 5.55. The van der Waals surface area contributed by atoms with Crippen molar-refractivity contribution in [2.75, 3.05) is 0 Å². The average molecular weight is 247 g/mol. The van der Waals surface area contributed by atoms with E-state index in [-0.39, 0.29) is 6.54 Å². The minimum absolute atomic E-state index is 0.238. The smallest absolute Gasteiger partial charge is 0.182 e. The van der Waals surface area contributed by atoms with Crippen LogP contribution in [0.5, 0.6) is 0 Å². The maximum absolute atomic E-state index is 11.7. The zero-order valence-corrected chi connectivity index (χ0v) is 9.84. The molecule has 0 aliphatic carbocycles. The van der Waals surface area contributed by atoms with Gasteiger partial charge in [-0.05, 0) is 18.2 Å². The minimum Gasteiger partial charge on any atom is -0.624 e. The summed E-state index contributed by atoms with van der Waals surface area (Å²) in [5.41, 5.74) is 1.64. The Kier molecular flexibility index (Phi) is 3.73. The lowest BCUT2D eigenvalue weighted by Gasteiger charge is -2.05. The third-order valence-electron chi connectivity index (χ3n) is 2.28. The van der Waals surface area contributed by atoms with Gasteiger partial charge in [0.05, 0.1) is 5.02 Å². The molecule has 1 aromatic heterocycles. The quantitative estimate of drug-likeness (QED) is 0.362. The van der Waals surface area contributed by atoms with E-state index < -0.39 is 0 Å². The van der Waals surface area contributed by atoms with Gasteiger partial charge in [-0.2, -0.15) is 0 Å². The summed E-state index contributed by atoms with van der Waals surface area (Å²) in [6, 6.07) is 10.9. The molecule has 0 saturated carbocycles. The van der Waals surface area contributed by atoms with E-state index in [1.54, 1.807) is 30.6 Å². The molecule has 0 N–H and O–H groups in total. The standard InChI is InChI=1S/C13H11ClN2O/c14-13-4-2-1-3-12(13)10-16(17)9-11-5-7-15-8-6-11/h1-9H,10H2. The van der Waals surface area contributed by atoms with E-state index >= 15 is 0 Å². The maximum Gasteiger partial charge on any atom is 0.182 e. The summed E-state index contributed by atoms with van der Waals surface area (Å²) in [5, 5.41) is 12.3. The molecule has 1 aromatic carbocycles. The molecule has 0 bridgehead atoms. The Morgan fingerprint density at radius 1 is 1.18 bits per heavy atom. The summed E-state index contributed by atoms with van der Waals surface area (Å²) < 4.78 is 0.858. The molecule has 17 heavy (non-hydrogen) atoms. The van der Waals surface area contributed by atoms with E-state index in [2.05, 4.69) is 4.98 Å². The monoisotopic (exact) mass is 246 g/mol. The van der Waals surface area contributed by atoms with Crippen molar-refractivity contribution < 1.29 is 4.74 Å². The zero-order valence-electron chi connectivity index (χ0n) is 9.08. The van der Waals surface area contributed by atoms with Gasteiger partial charge >= 0.3 is 0 Å². The first kappa shape index (κ1) is 11.6. The SMILES string of the molecule is [O-][N+](=Cc1ccncc1)Cc1ccccc1Cl. The normalized spacial score (nSPS) is 11.5. The number of halogens is 1. The zero-order chi connectivity index (χ0) is 12.1. The Morgan fingerprint density at radius 3 is 2.59 bits per heavy atom. The molecule has 2 rings (SSSR count). The summed E-state index contributed by atoms with van der Waals surface area (Å²) in [6.45, 7) is 0.238. The predicted molar refractivity (Wildman–Crippen MR) is 68.2 cm³/mol. The number of pyridine rings is 1. The van der Waals surface area contributed by atoms with Crippen molar-refractivity contribution in [3.05, 3.63) is 70.1 Å². The molecule has 0 spiro atoms. The molecule has 3 nitrogen and oxygen atoms in total. The largest absolute Gasteiger partial charge is 0.624 e. The van der Waals surface area contributed by atoms with E-state index in [9.17, 15) is 5.21 Å². The Hall–Kier alpha value is -1.87. The Morgan fingerprint density at radius 2 is 1.88 bits per heavy atom. The summed E-state index contributed by atoms with van der Waals surface area (Å²) in [5.74, 6) is 0. The third kappa shape index (κ3) is 3.29. The van der Waals surface area contributed by atoms with Gasteiger partial charge in [0.15, 0.2) is 12.8 Å². The molecule has 0 aliphatic rings. The van der Waals surface area contributed by atoms with Crippen LogP contribution in [0.15, 0.2) is 48.8 Å². The number of hydrogen-bond acceptors (Lipinski definition) is 2. The van der Waals surface area contributed by atoms with Crippen molar-refractivity contribution in [1.82, 2.24) is 4.98 Å². The topological polar surface area (TPSA) is 39.0 Å². The highest BCUT2D eigenvalue weighted by Crippen LogP contribution is 2.15. The lowest BCUT2D eigenvalue weighted by molar-refractivity contribution is -0.469. The van der Waals surface area contributed by atoms with Crippen LogP contribution in [0.2, 0.25) is 5.02 Å². The Bertz CT molecular complexity index is 526. The van der Waals surface area contributed by atoms with Crippen molar-refractivity contribution in [1.29, 1.82) is 0 Å². The van der Waals surface area contributed by atoms with Gasteiger partial charge in [-0.3, -0.25) is 4.98 Å². The second-order valence-electron chi connectivity index (χ2n) is 3.58. The lowest BCUT2D eigenvalue weighted by Crippen LogP contribution is -2.06. The van der Waals surface area contributed by atoms with Crippen LogP contribution in [0.3, 0.4) is 0 Å². The first-order chi connectivity index (χ1) is 8.25. The van der Waals surface area contributed by atoms with Crippen molar-refractivity contribution in [2.24, 2.45) is 0 Å². The van der Waals surface area contributed by atoms with Gasteiger partial charge in [0.2, 0.25) is 0 Å². The number of rotatable bonds is 3. The minimum atomic E-state index is 0.238. The average Bonchev–Trinajstić information content (AvgIpc) is 2.33. The summed E-state index contributed by atoms with van der Waals surface area (Å²) in [7, 11) is 0. The highest BCUT2D eigenvalue weighted by Gasteiger charge is 2.03. The van der Waals surface area contributed by atoms with E-state index in [0.717, 1.165) is 15.9 Å². The predicted octanol–water partition coefficient (Wildman–Crippen LogP) is 2.86. The molecule has 0 unspecified atom stereocenters. The molecule has 0 radical (unpaired) electrons. The van der Waals surface area contributed by atoms with E-state index in [4.69, 9.17) is 11.6 Å². The Labute approximate surface area is 105 Å². The van der Waals surface area contributed by atoms with Crippen LogP contribution in [-0.2, 0) is 6.54 Å². The molecular weight excluding hydrogens is 236 g/mol. The van der Waals surface area contributed by atoms with Crippen LogP contribution < -0.4 is 0 Å². The van der Waals surface area contributed by atoms with Crippen LogP contribution in [0.25, 0.3) is 0 Å². The lowest BCUT2D eigenvalue weighted by atomic mass is 10.2. The molecule has 4 heteroatoms. The second-order valence-corrected chi connectivity index (χ2v) is 3.98. The van der Waals surface area contributed by atoms with Gasteiger partial charge in [0, 0.05) is 23.5 Å². The van der Waals surface area contributed by atoms with E-state index in [1.165, 1.54) is 6.21 Å². The second kappa shape index (κ2) is 5.46. The molecule has 2 aromatic rings. The van der Waals surface area contributed by atoms with Crippen LogP contribution in [0, 0.1) is 5.21 Å². The third-order valence-corrected chi connectivity index (χ3v) is 2.65. The van der Waals surface area contributed by atoms with E-state index in [1.807, 2.05) is 18.2 Å². The number of hydrogen-bond donors (Lipinski definition) is 0. The van der Waals surface area contributed by atoms with Crippen LogP contribution in [0.1, 0.15) is 11.1 Å². The highest BCUT2D eigenvalue weighted by molar-refractivity contribution is 6.31. The number of nitrogens with zero attached hydrogens (tertiary/aromatic N) is 2. The van der Waals surface area contributed by atoms with Gasteiger partial charge in [-0.15, -0.1) is 0 Å². The van der Waals surface area contributed by atoms with Crippen molar-refractivity contribution in [2.45, 2.75) is 6.54 Å². The van der Waals surface area contributed by atoms with Gasteiger partial charge in [0.1, 0.15) is 0 Å². The molecule has 0 aliphatic heterocycles. The van der Waals surface area contributed by atoms with E-state index in [0.29, 0.717) is 5.02 Å². The molecule has 1 heterocycles. The highest BCUT2D eigenvalue weighted by atomic mass is 35.5. The van der Waals surface area contributed by atoms with Crippen LogP contribution >= 0.6 is 11.6 Å². The first-order valence-electron chi connectivity index (χ1n) is 5.18. The fourth-order valence-corrected chi connectivity index (χ4v) is 1.65. The summed E-state index contributed by atoms with van der Waals surface area (Å²) >= 11 is 5.98. The Balaban J connectivity index is 2.15.